The van der Waals surface area contributed by atoms with E-state index in [9.17, 15) is 13.9 Å². The lowest BCUT2D eigenvalue weighted by Crippen LogP contribution is -2.33. The maximum absolute atomic E-state index is 11.1. The normalized spacial score (nSPS) is 10.9. The fraction of sp³-hybridized carbons (Fsp3) is 0.857. The first kappa shape index (κ1) is 11.4. The maximum Gasteiger partial charge on any atom is 0.333 e. The number of ether oxygens (including phenoxy) is 1. The molecule has 0 heterocycles. The third kappa shape index (κ3) is 1.75. The van der Waals surface area contributed by atoms with E-state index in [4.69, 9.17) is 0 Å². The summed E-state index contributed by atoms with van der Waals surface area (Å²) in [4.78, 5) is 11.1. The predicted molar refractivity (Wildman–Crippen MR) is 43.6 cm³/mol. The third-order valence-electron chi connectivity index (χ3n) is 2.08. The molecule has 0 unspecified atom stereocenters. The molecule has 0 aromatic rings. The Morgan fingerprint density at radius 3 is 1.83 bits per heavy atom. The van der Waals surface area contributed by atoms with Crippen LogP contribution >= 0.6 is 7.68 Å². The first-order valence-electron chi connectivity index (χ1n) is 3.78. The van der Waals surface area contributed by atoms with E-state index in [1.807, 2.05) is 0 Å². The van der Waals surface area contributed by atoms with Gasteiger partial charge in [-0.15, -0.1) is 0 Å². The van der Waals surface area contributed by atoms with E-state index in [0.29, 0.717) is 0 Å². The molecule has 0 rings (SSSR count). The quantitative estimate of drug-likeness (QED) is 0.504. The summed E-state index contributed by atoms with van der Waals surface area (Å²) in [5, 5.41) is -1.32. The van der Waals surface area contributed by atoms with E-state index in [1.165, 1.54) is 7.11 Å². The van der Waals surface area contributed by atoms with Crippen LogP contribution in [0.5, 0.6) is 0 Å². The highest BCUT2D eigenvalue weighted by atomic mass is 31.1. The van der Waals surface area contributed by atoms with Crippen molar-refractivity contribution in [1.29, 1.82) is 0 Å². The van der Waals surface area contributed by atoms with E-state index in [-0.39, 0.29) is 12.8 Å². The fourth-order valence-corrected chi connectivity index (χ4v) is 1.82. The van der Waals surface area contributed by atoms with Crippen molar-refractivity contribution in [3.8, 4) is 0 Å². The van der Waals surface area contributed by atoms with Crippen LogP contribution < -0.4 is 0 Å². The summed E-state index contributed by atoms with van der Waals surface area (Å²) >= 11 is 0. The maximum atomic E-state index is 11.1. The van der Waals surface area contributed by atoms with Gasteiger partial charge < -0.3 is 4.74 Å². The SMILES string of the molecule is CCC(CC)(C(=O)OC)P(=O)=O. The fourth-order valence-electron chi connectivity index (χ4n) is 1.06. The molecule has 0 N–H and O–H groups in total. The Labute approximate surface area is 72.1 Å². The van der Waals surface area contributed by atoms with Crippen LogP contribution in [0, 0.1) is 0 Å². The van der Waals surface area contributed by atoms with Gasteiger partial charge in [-0.25, -0.2) is 9.13 Å². The van der Waals surface area contributed by atoms with Crippen LogP contribution in [0.3, 0.4) is 0 Å². The zero-order chi connectivity index (χ0) is 9.78. The van der Waals surface area contributed by atoms with Gasteiger partial charge in [0.1, 0.15) is 0 Å². The molecule has 0 radical (unpaired) electrons. The van der Waals surface area contributed by atoms with Crippen molar-refractivity contribution < 1.29 is 18.7 Å². The van der Waals surface area contributed by atoms with Crippen LogP contribution in [0.25, 0.3) is 0 Å². The zero-order valence-corrected chi connectivity index (χ0v) is 8.39. The van der Waals surface area contributed by atoms with Crippen molar-refractivity contribution in [3.05, 3.63) is 0 Å². The molecule has 0 aromatic carbocycles. The molecule has 0 aliphatic carbocycles. The minimum absolute atomic E-state index is 0.259. The molecule has 0 fully saturated rings. The van der Waals surface area contributed by atoms with Gasteiger partial charge in [0.15, 0.2) is 5.16 Å². The number of carbonyl (C=O) groups is 1. The highest BCUT2D eigenvalue weighted by Gasteiger charge is 2.42. The Kier molecular flexibility index (Phi) is 4.18. The highest BCUT2D eigenvalue weighted by molar-refractivity contribution is 7.34. The van der Waals surface area contributed by atoms with Crippen LogP contribution in [-0.4, -0.2) is 18.2 Å². The van der Waals surface area contributed by atoms with Crippen molar-refractivity contribution in [2.24, 2.45) is 0 Å². The molecule has 0 spiro atoms. The lowest BCUT2D eigenvalue weighted by atomic mass is 10.0. The van der Waals surface area contributed by atoms with Gasteiger partial charge in [-0.1, -0.05) is 13.8 Å². The summed E-state index contributed by atoms with van der Waals surface area (Å²) in [6, 6.07) is 0. The number of methoxy groups -OCH3 is 1. The second-order valence-corrected chi connectivity index (χ2v) is 3.86. The van der Waals surface area contributed by atoms with Gasteiger partial charge in [-0.2, -0.15) is 0 Å². The minimum Gasteiger partial charge on any atom is -0.468 e. The number of carbonyl (C=O) groups excluding carboxylic acids is 1. The number of rotatable bonds is 4. The summed E-state index contributed by atoms with van der Waals surface area (Å²) in [7, 11) is -1.57. The third-order valence-corrected chi connectivity index (χ3v) is 3.60. The molecule has 0 bridgehead atoms. The van der Waals surface area contributed by atoms with E-state index in [2.05, 4.69) is 4.74 Å². The molecule has 0 aliphatic rings. The Morgan fingerprint density at radius 1 is 1.33 bits per heavy atom. The molecule has 5 heteroatoms. The molecule has 12 heavy (non-hydrogen) atoms. The molecular formula is C7H13O4P. The monoisotopic (exact) mass is 192 g/mol. The van der Waals surface area contributed by atoms with Crippen LogP contribution in [0.1, 0.15) is 26.7 Å². The average molecular weight is 192 g/mol. The van der Waals surface area contributed by atoms with E-state index in [1.54, 1.807) is 13.8 Å². The lowest BCUT2D eigenvalue weighted by Gasteiger charge is -2.18. The van der Waals surface area contributed by atoms with Crippen molar-refractivity contribution in [2.45, 2.75) is 31.8 Å². The van der Waals surface area contributed by atoms with Gasteiger partial charge in [0, 0.05) is 0 Å². The van der Waals surface area contributed by atoms with Crippen LogP contribution in [-0.2, 0) is 18.7 Å². The summed E-state index contributed by atoms with van der Waals surface area (Å²) < 4.78 is 26.1. The standard InChI is InChI=1S/C7H13O4P/c1-4-7(5-2,12(9)10)6(8)11-3/h4-5H2,1-3H3. The predicted octanol–water partition coefficient (Wildman–Crippen LogP) is 1.89. The van der Waals surface area contributed by atoms with Crippen LogP contribution in [0.4, 0.5) is 0 Å². The lowest BCUT2D eigenvalue weighted by molar-refractivity contribution is -0.144. The first-order chi connectivity index (χ1) is 5.55. The molecule has 0 amide bonds. The molecule has 0 atom stereocenters. The van der Waals surface area contributed by atoms with Crippen molar-refractivity contribution in [3.63, 3.8) is 0 Å². The minimum atomic E-state index is -2.77. The summed E-state index contributed by atoms with van der Waals surface area (Å²) in [5.41, 5.74) is 0. The Hall–Kier alpha value is -0.630. The van der Waals surface area contributed by atoms with Gasteiger partial charge >= 0.3 is 13.6 Å². The van der Waals surface area contributed by atoms with Gasteiger partial charge in [-0.3, -0.25) is 4.79 Å². The Bertz CT molecular complexity index is 220. The molecular weight excluding hydrogens is 179 g/mol. The average Bonchev–Trinajstić information content (AvgIpc) is 2.06. The van der Waals surface area contributed by atoms with Gasteiger partial charge in [-0.05, 0) is 12.8 Å². The van der Waals surface area contributed by atoms with Crippen LogP contribution in [0.15, 0.2) is 0 Å². The summed E-state index contributed by atoms with van der Waals surface area (Å²) in [6.07, 6.45) is 0.518. The molecule has 4 nitrogen and oxygen atoms in total. The van der Waals surface area contributed by atoms with Gasteiger partial charge in [0.05, 0.1) is 7.11 Å². The number of hydrogen-bond donors (Lipinski definition) is 0. The molecule has 70 valence electrons. The molecule has 0 aromatic heterocycles. The summed E-state index contributed by atoms with van der Waals surface area (Å²) in [5.74, 6) is -0.663. The second-order valence-electron chi connectivity index (χ2n) is 2.49. The van der Waals surface area contributed by atoms with Crippen LogP contribution in [0.2, 0.25) is 0 Å². The first-order valence-corrected chi connectivity index (χ1v) is 4.95. The largest absolute Gasteiger partial charge is 0.468 e. The van der Waals surface area contributed by atoms with E-state index >= 15 is 0 Å². The molecule has 0 saturated heterocycles. The zero-order valence-electron chi connectivity index (χ0n) is 7.49. The van der Waals surface area contributed by atoms with Crippen molar-refractivity contribution in [2.75, 3.05) is 7.11 Å². The molecule has 0 saturated carbocycles. The Morgan fingerprint density at radius 2 is 1.75 bits per heavy atom. The summed E-state index contributed by atoms with van der Waals surface area (Å²) in [6.45, 7) is 3.32. The van der Waals surface area contributed by atoms with Crippen molar-refractivity contribution >= 4 is 13.6 Å². The molecule has 0 aliphatic heterocycles. The Balaban J connectivity index is 4.95. The van der Waals surface area contributed by atoms with E-state index in [0.717, 1.165) is 0 Å². The van der Waals surface area contributed by atoms with Crippen molar-refractivity contribution in [1.82, 2.24) is 0 Å². The second kappa shape index (κ2) is 4.41. The van der Waals surface area contributed by atoms with Gasteiger partial charge in [0.2, 0.25) is 0 Å². The number of hydrogen-bond acceptors (Lipinski definition) is 4. The number of esters is 1. The van der Waals surface area contributed by atoms with Gasteiger partial charge in [0.25, 0.3) is 0 Å². The smallest absolute Gasteiger partial charge is 0.333 e. The van der Waals surface area contributed by atoms with E-state index < -0.39 is 18.8 Å². The highest BCUT2D eigenvalue weighted by Crippen LogP contribution is 2.36. The topological polar surface area (TPSA) is 60.4 Å².